The van der Waals surface area contributed by atoms with E-state index in [9.17, 15) is 13.2 Å². The Kier molecular flexibility index (Phi) is 4.89. The number of nitrogens with one attached hydrogen (secondary N) is 1. The highest BCUT2D eigenvalue weighted by Gasteiger charge is 2.27. The topological polar surface area (TPSA) is 75.7 Å². The minimum Gasteiger partial charge on any atom is -0.377 e. The van der Waals surface area contributed by atoms with Crippen LogP contribution in [0.15, 0.2) is 17.0 Å². The lowest BCUT2D eigenvalue weighted by molar-refractivity contribution is 0.00357. The summed E-state index contributed by atoms with van der Waals surface area (Å²) in [5.74, 6) is -0.161. The van der Waals surface area contributed by atoms with Gasteiger partial charge in [0.1, 0.15) is 0 Å². The fourth-order valence-electron chi connectivity index (χ4n) is 2.53. The van der Waals surface area contributed by atoms with Crippen LogP contribution in [-0.2, 0) is 14.8 Å². The molecule has 122 valence electrons. The molecular formula is C15H22N2O4S. The van der Waals surface area contributed by atoms with Crippen LogP contribution in [0.4, 0.5) is 0 Å². The van der Waals surface area contributed by atoms with Crippen LogP contribution in [0, 0.1) is 13.8 Å². The SMILES string of the molecule is CNS(=O)(=O)c1cc(C(=O)N2CCOCC2C)cc(C)c1C. The van der Waals surface area contributed by atoms with Gasteiger partial charge in [-0.3, -0.25) is 4.79 Å². The van der Waals surface area contributed by atoms with E-state index in [-0.39, 0.29) is 16.8 Å². The Morgan fingerprint density at radius 2 is 2.05 bits per heavy atom. The monoisotopic (exact) mass is 326 g/mol. The number of hydrogen-bond donors (Lipinski definition) is 1. The van der Waals surface area contributed by atoms with Gasteiger partial charge in [-0.05, 0) is 51.1 Å². The van der Waals surface area contributed by atoms with Gasteiger partial charge in [0.05, 0.1) is 24.2 Å². The molecule has 0 aliphatic carbocycles. The van der Waals surface area contributed by atoms with Crippen LogP contribution >= 0.6 is 0 Å². The Morgan fingerprint density at radius 1 is 1.36 bits per heavy atom. The first-order valence-electron chi connectivity index (χ1n) is 7.21. The number of ether oxygens (including phenoxy) is 1. The molecule has 1 saturated heterocycles. The smallest absolute Gasteiger partial charge is 0.254 e. The van der Waals surface area contributed by atoms with Gasteiger partial charge in [0.2, 0.25) is 10.0 Å². The minimum absolute atomic E-state index is 0.0211. The predicted molar refractivity (Wildman–Crippen MR) is 83.5 cm³/mol. The van der Waals surface area contributed by atoms with Crippen molar-refractivity contribution < 1.29 is 17.9 Å². The van der Waals surface area contributed by atoms with Crippen molar-refractivity contribution in [3.63, 3.8) is 0 Å². The van der Waals surface area contributed by atoms with E-state index in [1.807, 2.05) is 13.8 Å². The van der Waals surface area contributed by atoms with Gasteiger partial charge in [-0.1, -0.05) is 0 Å². The van der Waals surface area contributed by atoms with Crippen molar-refractivity contribution in [2.45, 2.75) is 31.7 Å². The Hall–Kier alpha value is -1.44. The van der Waals surface area contributed by atoms with Gasteiger partial charge in [-0.2, -0.15) is 0 Å². The summed E-state index contributed by atoms with van der Waals surface area (Å²) in [4.78, 5) is 14.6. The van der Waals surface area contributed by atoms with Gasteiger partial charge >= 0.3 is 0 Å². The summed E-state index contributed by atoms with van der Waals surface area (Å²) >= 11 is 0. The van der Waals surface area contributed by atoms with Crippen molar-refractivity contribution in [2.24, 2.45) is 0 Å². The maximum Gasteiger partial charge on any atom is 0.254 e. The van der Waals surface area contributed by atoms with Gasteiger partial charge in [0.25, 0.3) is 5.91 Å². The molecule has 1 aromatic rings. The third-order valence-electron chi connectivity index (χ3n) is 4.05. The largest absolute Gasteiger partial charge is 0.377 e. The van der Waals surface area contributed by atoms with Gasteiger partial charge in [0.15, 0.2) is 0 Å². The number of nitrogens with zero attached hydrogens (tertiary/aromatic N) is 1. The van der Waals surface area contributed by atoms with Crippen molar-refractivity contribution in [1.82, 2.24) is 9.62 Å². The van der Waals surface area contributed by atoms with E-state index in [1.54, 1.807) is 17.9 Å². The van der Waals surface area contributed by atoms with Crippen LogP contribution in [0.25, 0.3) is 0 Å². The van der Waals surface area contributed by atoms with Crippen molar-refractivity contribution in [3.8, 4) is 0 Å². The molecule has 0 radical (unpaired) electrons. The molecule has 0 bridgehead atoms. The predicted octanol–water partition coefficient (Wildman–Crippen LogP) is 1.07. The number of benzene rings is 1. The lowest BCUT2D eigenvalue weighted by Crippen LogP contribution is -2.47. The molecule has 0 aromatic heterocycles. The summed E-state index contributed by atoms with van der Waals surface area (Å²) in [5, 5.41) is 0. The normalized spacial score (nSPS) is 19.3. The first-order valence-corrected chi connectivity index (χ1v) is 8.69. The molecule has 1 aliphatic heterocycles. The molecule has 1 atom stereocenters. The van der Waals surface area contributed by atoms with Crippen molar-refractivity contribution in [1.29, 1.82) is 0 Å². The summed E-state index contributed by atoms with van der Waals surface area (Å²) < 4.78 is 31.9. The highest BCUT2D eigenvalue weighted by molar-refractivity contribution is 7.89. The van der Waals surface area contributed by atoms with E-state index in [4.69, 9.17) is 4.74 Å². The number of sulfonamides is 1. The molecule has 0 spiro atoms. The third kappa shape index (κ3) is 3.16. The van der Waals surface area contributed by atoms with Crippen molar-refractivity contribution in [2.75, 3.05) is 26.8 Å². The highest BCUT2D eigenvalue weighted by Crippen LogP contribution is 2.23. The Bertz CT molecular complexity index is 685. The first-order chi connectivity index (χ1) is 10.3. The zero-order valence-corrected chi connectivity index (χ0v) is 14.2. The van der Waals surface area contributed by atoms with Gasteiger partial charge in [-0.25, -0.2) is 13.1 Å². The Balaban J connectivity index is 2.46. The van der Waals surface area contributed by atoms with Crippen LogP contribution < -0.4 is 4.72 Å². The second kappa shape index (κ2) is 6.36. The van der Waals surface area contributed by atoms with Crippen molar-refractivity contribution in [3.05, 3.63) is 28.8 Å². The first kappa shape index (κ1) is 16.9. The van der Waals surface area contributed by atoms with E-state index < -0.39 is 10.0 Å². The molecule has 1 N–H and O–H groups in total. The molecule has 0 saturated carbocycles. The Labute approximate surface area is 131 Å². The fourth-order valence-corrected chi connectivity index (χ4v) is 3.60. The average Bonchev–Trinajstić information content (AvgIpc) is 2.49. The molecule has 1 amide bonds. The summed E-state index contributed by atoms with van der Waals surface area (Å²) in [6.45, 7) is 6.99. The van der Waals surface area contributed by atoms with Gasteiger partial charge in [-0.15, -0.1) is 0 Å². The van der Waals surface area contributed by atoms with Gasteiger partial charge < -0.3 is 9.64 Å². The van der Waals surface area contributed by atoms with Crippen LogP contribution in [-0.4, -0.2) is 52.1 Å². The molecule has 1 heterocycles. The summed E-state index contributed by atoms with van der Waals surface area (Å²) in [7, 11) is -2.23. The fraction of sp³-hybridized carbons (Fsp3) is 0.533. The second-order valence-electron chi connectivity index (χ2n) is 5.55. The molecule has 1 aliphatic rings. The number of aryl methyl sites for hydroxylation is 1. The van der Waals surface area contributed by atoms with Crippen molar-refractivity contribution >= 4 is 15.9 Å². The summed E-state index contributed by atoms with van der Waals surface area (Å²) in [5.41, 5.74) is 1.83. The van der Waals surface area contributed by atoms with Crippen LogP contribution in [0.3, 0.4) is 0 Å². The maximum atomic E-state index is 12.7. The number of morpholine rings is 1. The number of carbonyl (C=O) groups excluding carboxylic acids is 1. The summed E-state index contributed by atoms with van der Waals surface area (Å²) in [6.07, 6.45) is 0. The van der Waals surface area contributed by atoms with E-state index in [2.05, 4.69) is 4.72 Å². The number of carbonyl (C=O) groups is 1. The molecule has 1 aromatic carbocycles. The zero-order chi connectivity index (χ0) is 16.5. The van der Waals surface area contributed by atoms with E-state index in [0.717, 1.165) is 5.56 Å². The minimum atomic E-state index is -3.60. The van der Waals surface area contributed by atoms with Crippen LogP contribution in [0.2, 0.25) is 0 Å². The Morgan fingerprint density at radius 3 is 2.64 bits per heavy atom. The van der Waals surface area contributed by atoms with E-state index in [1.165, 1.54) is 13.1 Å². The lowest BCUT2D eigenvalue weighted by Gasteiger charge is -2.33. The maximum absolute atomic E-state index is 12.7. The van der Waals surface area contributed by atoms with Gasteiger partial charge in [0, 0.05) is 12.1 Å². The molecule has 1 fully saturated rings. The van der Waals surface area contributed by atoms with Crippen LogP contribution in [0.1, 0.15) is 28.4 Å². The highest BCUT2D eigenvalue weighted by atomic mass is 32.2. The van der Waals surface area contributed by atoms with E-state index >= 15 is 0 Å². The molecular weight excluding hydrogens is 304 g/mol. The second-order valence-corrected chi connectivity index (χ2v) is 7.40. The average molecular weight is 326 g/mol. The molecule has 6 nitrogen and oxygen atoms in total. The molecule has 1 unspecified atom stereocenters. The number of amides is 1. The molecule has 7 heteroatoms. The van der Waals surface area contributed by atoms with E-state index in [0.29, 0.717) is 30.9 Å². The molecule has 2 rings (SSSR count). The third-order valence-corrected chi connectivity index (χ3v) is 5.59. The molecule has 22 heavy (non-hydrogen) atoms. The quantitative estimate of drug-likeness (QED) is 0.901. The number of rotatable bonds is 3. The lowest BCUT2D eigenvalue weighted by atomic mass is 10.0. The zero-order valence-electron chi connectivity index (χ0n) is 13.3. The van der Waals surface area contributed by atoms with Crippen LogP contribution in [0.5, 0.6) is 0 Å². The standard InChI is InChI=1S/C15H22N2O4S/c1-10-7-13(8-14(12(10)3)22(19,20)16-4)15(18)17-5-6-21-9-11(17)2/h7-8,11,16H,5-6,9H2,1-4H3. The number of hydrogen-bond acceptors (Lipinski definition) is 4. The summed E-state index contributed by atoms with van der Waals surface area (Å²) in [6, 6.07) is 3.18.